The van der Waals surface area contributed by atoms with Crippen molar-refractivity contribution in [3.8, 4) is 11.3 Å². The van der Waals surface area contributed by atoms with E-state index >= 15 is 0 Å². The molecule has 3 rings (SSSR count). The maximum absolute atomic E-state index is 14.2. The fourth-order valence-electron chi connectivity index (χ4n) is 3.16. The number of hydrogen-bond acceptors (Lipinski definition) is 2. The summed E-state index contributed by atoms with van der Waals surface area (Å²) >= 11 is 0. The average molecular weight is 404 g/mol. The van der Waals surface area contributed by atoms with Crippen LogP contribution in [-0.2, 0) is 11.2 Å². The Bertz CT molecular complexity index is 997. The zero-order valence-corrected chi connectivity index (χ0v) is 16.3. The molecule has 0 unspecified atom stereocenters. The van der Waals surface area contributed by atoms with Gasteiger partial charge in [0, 0.05) is 30.1 Å². The van der Waals surface area contributed by atoms with Crippen LogP contribution in [-0.4, -0.2) is 24.2 Å². The number of alkyl carbamates (subject to hydrolysis) is 1. The number of carbonyl (C=O) groups is 1. The van der Waals surface area contributed by atoms with Gasteiger partial charge in [-0.25, -0.2) is 18.0 Å². The van der Waals surface area contributed by atoms with Crippen LogP contribution in [0.15, 0.2) is 36.4 Å². The minimum atomic E-state index is -0.720. The Hall–Kier alpha value is -2.96. The van der Waals surface area contributed by atoms with E-state index in [1.54, 1.807) is 12.1 Å². The summed E-state index contributed by atoms with van der Waals surface area (Å²) in [6.45, 7) is 4.66. The van der Waals surface area contributed by atoms with Gasteiger partial charge in [-0.2, -0.15) is 0 Å². The maximum Gasteiger partial charge on any atom is 0.407 e. The largest absolute Gasteiger partial charge is 0.449 e. The Kier molecular flexibility index (Phi) is 6.46. The van der Waals surface area contributed by atoms with Gasteiger partial charge in [0.1, 0.15) is 17.5 Å². The first kappa shape index (κ1) is 20.8. The molecule has 1 heterocycles. The lowest BCUT2D eigenvalue weighted by atomic mass is 10.0. The van der Waals surface area contributed by atoms with E-state index in [0.717, 1.165) is 12.5 Å². The zero-order valence-electron chi connectivity index (χ0n) is 16.3. The Balaban J connectivity index is 1.82. The predicted octanol–water partition coefficient (Wildman–Crippen LogP) is 5.57. The summed E-state index contributed by atoms with van der Waals surface area (Å²) in [6, 6.07) is 7.73. The van der Waals surface area contributed by atoms with Crippen LogP contribution in [0.4, 0.5) is 18.0 Å². The second kappa shape index (κ2) is 9.03. The lowest BCUT2D eigenvalue weighted by Gasteiger charge is -2.09. The molecular weight excluding hydrogens is 381 g/mol. The molecule has 0 aliphatic carbocycles. The maximum atomic E-state index is 14.2. The van der Waals surface area contributed by atoms with Gasteiger partial charge in [0.2, 0.25) is 0 Å². The Morgan fingerprint density at radius 1 is 1.10 bits per heavy atom. The smallest absolute Gasteiger partial charge is 0.407 e. The van der Waals surface area contributed by atoms with Crippen LogP contribution in [0.25, 0.3) is 22.2 Å². The van der Waals surface area contributed by atoms with Crippen molar-refractivity contribution in [2.45, 2.75) is 26.7 Å². The molecule has 0 aliphatic rings. The van der Waals surface area contributed by atoms with E-state index < -0.39 is 23.5 Å². The summed E-state index contributed by atoms with van der Waals surface area (Å²) < 4.78 is 46.5. The van der Waals surface area contributed by atoms with Crippen LogP contribution in [0.2, 0.25) is 0 Å². The van der Waals surface area contributed by atoms with Gasteiger partial charge in [-0.15, -0.1) is 0 Å². The molecule has 1 amide bonds. The Morgan fingerprint density at radius 2 is 1.83 bits per heavy atom. The highest BCUT2D eigenvalue weighted by Gasteiger charge is 2.17. The van der Waals surface area contributed by atoms with E-state index in [1.165, 1.54) is 18.2 Å². The first-order chi connectivity index (χ1) is 13.8. The molecule has 4 nitrogen and oxygen atoms in total. The Labute approximate surface area is 167 Å². The van der Waals surface area contributed by atoms with Gasteiger partial charge in [0.25, 0.3) is 0 Å². The van der Waals surface area contributed by atoms with E-state index in [0.29, 0.717) is 34.7 Å². The van der Waals surface area contributed by atoms with Crippen molar-refractivity contribution in [2.75, 3.05) is 13.2 Å². The minimum absolute atomic E-state index is 0.0345. The summed E-state index contributed by atoms with van der Waals surface area (Å²) in [5.41, 5.74) is 1.91. The van der Waals surface area contributed by atoms with Crippen LogP contribution in [0.1, 0.15) is 25.8 Å². The summed E-state index contributed by atoms with van der Waals surface area (Å²) in [7, 11) is 0. The molecule has 154 valence electrons. The highest BCUT2D eigenvalue weighted by atomic mass is 19.1. The summed E-state index contributed by atoms with van der Waals surface area (Å²) in [5, 5.41) is 3.04. The van der Waals surface area contributed by atoms with Crippen LogP contribution < -0.4 is 5.32 Å². The minimum Gasteiger partial charge on any atom is -0.449 e. The Morgan fingerprint density at radius 3 is 2.52 bits per heavy atom. The molecule has 0 saturated heterocycles. The number of carbonyl (C=O) groups excluding carboxylic acids is 1. The number of benzene rings is 2. The second-order valence-electron chi connectivity index (χ2n) is 7.29. The van der Waals surface area contributed by atoms with Gasteiger partial charge in [0.05, 0.1) is 12.1 Å². The fraction of sp³-hybridized carbons (Fsp3) is 0.318. The monoisotopic (exact) mass is 404 g/mol. The molecule has 0 atom stereocenters. The van der Waals surface area contributed by atoms with E-state index in [-0.39, 0.29) is 18.5 Å². The number of aromatic amines is 1. The number of nitrogens with one attached hydrogen (secondary N) is 2. The van der Waals surface area contributed by atoms with Gasteiger partial charge in [-0.3, -0.25) is 0 Å². The fourth-order valence-corrected chi connectivity index (χ4v) is 3.16. The lowest BCUT2D eigenvalue weighted by Crippen LogP contribution is -2.26. The first-order valence-corrected chi connectivity index (χ1v) is 9.51. The predicted molar refractivity (Wildman–Crippen MR) is 106 cm³/mol. The quantitative estimate of drug-likeness (QED) is 0.541. The number of H-pyrrole nitrogens is 1. The van der Waals surface area contributed by atoms with Crippen molar-refractivity contribution in [3.05, 3.63) is 59.4 Å². The molecule has 2 aromatic carbocycles. The molecule has 0 aliphatic heterocycles. The molecule has 1 aromatic heterocycles. The zero-order chi connectivity index (χ0) is 21.0. The average Bonchev–Trinajstić information content (AvgIpc) is 3.01. The van der Waals surface area contributed by atoms with Gasteiger partial charge in [-0.05, 0) is 53.8 Å². The third-order valence-electron chi connectivity index (χ3n) is 4.64. The molecule has 29 heavy (non-hydrogen) atoms. The third-order valence-corrected chi connectivity index (χ3v) is 4.64. The van der Waals surface area contributed by atoms with Crippen LogP contribution in [0.5, 0.6) is 0 Å². The van der Waals surface area contributed by atoms with E-state index in [1.807, 2.05) is 0 Å². The second-order valence-corrected chi connectivity index (χ2v) is 7.29. The lowest BCUT2D eigenvalue weighted by molar-refractivity contribution is 0.147. The number of halogens is 3. The molecule has 0 saturated carbocycles. The molecule has 3 aromatic rings. The number of aromatic nitrogens is 1. The van der Waals surface area contributed by atoms with Crippen LogP contribution in [0.3, 0.4) is 0 Å². The van der Waals surface area contributed by atoms with Gasteiger partial charge < -0.3 is 15.0 Å². The molecular formula is C22H23F3N2O2. The molecule has 0 bridgehead atoms. The molecule has 2 N–H and O–H groups in total. The number of amides is 1. The summed E-state index contributed by atoms with van der Waals surface area (Å²) in [6.07, 6.45) is 0.545. The summed E-state index contributed by atoms with van der Waals surface area (Å²) in [4.78, 5) is 14.8. The van der Waals surface area contributed by atoms with Crippen molar-refractivity contribution >= 4 is 17.0 Å². The van der Waals surface area contributed by atoms with Crippen molar-refractivity contribution in [1.29, 1.82) is 0 Å². The van der Waals surface area contributed by atoms with E-state index in [2.05, 4.69) is 24.1 Å². The normalized spacial score (nSPS) is 11.2. The highest BCUT2D eigenvalue weighted by Crippen LogP contribution is 2.33. The number of hydrogen-bond donors (Lipinski definition) is 2. The standard InChI is InChI=1S/C22H23F3N2O2/c1-13(2)7-9-26-22(28)29-10-8-17-18-11-16(24)12-19(25)21(18)27-20(17)14-3-5-15(23)6-4-14/h3-6,11-13,27H,7-10H2,1-2H3,(H,26,28). The number of ether oxygens (including phenoxy) is 1. The van der Waals surface area contributed by atoms with E-state index in [9.17, 15) is 18.0 Å². The highest BCUT2D eigenvalue weighted by molar-refractivity contribution is 5.91. The number of fused-ring (bicyclic) bond motifs is 1. The van der Waals surface area contributed by atoms with Crippen molar-refractivity contribution in [1.82, 2.24) is 10.3 Å². The van der Waals surface area contributed by atoms with Gasteiger partial charge >= 0.3 is 6.09 Å². The number of rotatable bonds is 7. The van der Waals surface area contributed by atoms with Crippen molar-refractivity contribution in [3.63, 3.8) is 0 Å². The first-order valence-electron chi connectivity index (χ1n) is 9.51. The van der Waals surface area contributed by atoms with Crippen molar-refractivity contribution < 1.29 is 22.7 Å². The van der Waals surface area contributed by atoms with Crippen LogP contribution >= 0.6 is 0 Å². The topological polar surface area (TPSA) is 54.1 Å². The van der Waals surface area contributed by atoms with E-state index in [4.69, 9.17) is 4.74 Å². The van der Waals surface area contributed by atoms with Gasteiger partial charge in [-0.1, -0.05) is 13.8 Å². The molecule has 0 radical (unpaired) electrons. The SMILES string of the molecule is CC(C)CCNC(=O)OCCc1c(-c2ccc(F)cc2)[nH]c2c(F)cc(F)cc12. The third kappa shape index (κ3) is 5.10. The molecule has 7 heteroatoms. The molecule has 0 spiro atoms. The van der Waals surface area contributed by atoms with Crippen molar-refractivity contribution in [2.24, 2.45) is 5.92 Å². The summed E-state index contributed by atoms with van der Waals surface area (Å²) in [5.74, 6) is -1.36. The van der Waals surface area contributed by atoms with Crippen LogP contribution in [0, 0.1) is 23.4 Å². The van der Waals surface area contributed by atoms with Gasteiger partial charge in [0.15, 0.2) is 0 Å². The molecule has 0 fully saturated rings.